The summed E-state index contributed by atoms with van der Waals surface area (Å²) < 4.78 is 17.0. The van der Waals surface area contributed by atoms with Gasteiger partial charge in [0.25, 0.3) is 0 Å². The third-order valence-electron chi connectivity index (χ3n) is 12.2. The zero-order chi connectivity index (χ0) is 44.4. The van der Waals surface area contributed by atoms with E-state index in [1.807, 2.05) is 53.9 Å². The van der Waals surface area contributed by atoms with Crippen LogP contribution < -0.4 is 10.6 Å². The number of aliphatic hydroxyl groups is 1. The molecule has 14 heteroatoms. The first kappa shape index (κ1) is 49.5. The van der Waals surface area contributed by atoms with Gasteiger partial charge in [0.05, 0.1) is 24.6 Å². The maximum Gasteiger partial charge on any atom is 0.410 e. The highest BCUT2D eigenvalue weighted by Crippen LogP contribution is 2.50. The maximum atomic E-state index is 12.0. The summed E-state index contributed by atoms with van der Waals surface area (Å²) >= 11 is 0. The smallest absolute Gasteiger partial charge is 0.410 e. The Hall–Kier alpha value is -3.20. The fourth-order valence-electron chi connectivity index (χ4n) is 9.01. The van der Waals surface area contributed by atoms with Crippen molar-refractivity contribution in [1.29, 1.82) is 0 Å². The zero-order valence-electron chi connectivity index (χ0n) is 39.4. The summed E-state index contributed by atoms with van der Waals surface area (Å²) in [6, 6.07) is 0. The molecule has 3 fully saturated rings. The van der Waals surface area contributed by atoms with Crippen LogP contribution in [0.4, 0.5) is 9.59 Å². The molecule has 5 N–H and O–H groups in total. The summed E-state index contributed by atoms with van der Waals surface area (Å²) in [6.07, 6.45) is 14.8. The van der Waals surface area contributed by atoms with Crippen molar-refractivity contribution in [2.24, 2.45) is 16.7 Å². The van der Waals surface area contributed by atoms with Gasteiger partial charge < -0.3 is 39.8 Å². The summed E-state index contributed by atoms with van der Waals surface area (Å²) in [5, 5.41) is 31.5. The van der Waals surface area contributed by atoms with E-state index in [1.165, 1.54) is 54.6 Å². The molecule has 14 nitrogen and oxygen atoms in total. The minimum absolute atomic E-state index is 0.0209. The van der Waals surface area contributed by atoms with Crippen LogP contribution in [-0.2, 0) is 27.3 Å². The molecule has 3 aliphatic rings. The molecular weight excluding hydrogens is 761 g/mol. The number of nitrogens with one attached hydrogen (secondary N) is 4. The van der Waals surface area contributed by atoms with Gasteiger partial charge >= 0.3 is 12.2 Å². The first-order chi connectivity index (χ1) is 28.0. The second-order valence-corrected chi connectivity index (χ2v) is 21.6. The Morgan fingerprint density at radius 3 is 1.63 bits per heavy atom. The first-order valence-electron chi connectivity index (χ1n) is 22.6. The highest BCUT2D eigenvalue weighted by atomic mass is 16.6. The number of carbonyl (C=O) groups excluding carboxylic acids is 2. The van der Waals surface area contributed by atoms with Crippen molar-refractivity contribution in [3.63, 3.8) is 0 Å². The summed E-state index contributed by atoms with van der Waals surface area (Å²) in [5.41, 5.74) is 4.44. The largest absolute Gasteiger partial charge is 0.444 e. The summed E-state index contributed by atoms with van der Waals surface area (Å²) in [5.74, 6) is 1.75. The molecule has 5 rings (SSSR count). The Balaban J connectivity index is 0.000000265. The monoisotopic (exact) mass is 843 g/mol. The van der Waals surface area contributed by atoms with E-state index in [1.54, 1.807) is 23.9 Å². The number of aliphatic hydroxyl groups excluding tert-OH is 1. The third kappa shape index (κ3) is 15.9. The van der Waals surface area contributed by atoms with E-state index < -0.39 is 11.2 Å². The van der Waals surface area contributed by atoms with Crippen molar-refractivity contribution in [3.05, 3.63) is 34.9 Å². The molecule has 3 heterocycles. The van der Waals surface area contributed by atoms with Crippen LogP contribution in [0.3, 0.4) is 0 Å². The van der Waals surface area contributed by atoms with Crippen LogP contribution in [0.25, 0.3) is 0 Å². The highest BCUT2D eigenvalue weighted by Gasteiger charge is 2.46. The SMILES string of the molecule is CN(CCNCc1cn[nH]c1C1CCC(CC(C)(C)CO)CC1)C(=O)OC(C)(C)C.CN(CCNCc1cn[nH]c1C1CCC2(CC1)CC(C)(C)CO2)C(=O)OC(C)(C)C. The number of nitrogens with zero attached hydrogens (tertiary/aromatic N) is 4. The van der Waals surface area contributed by atoms with Crippen molar-refractivity contribution in [2.45, 2.75) is 175 Å². The molecule has 0 unspecified atom stereocenters. The number of rotatable bonds is 15. The fourth-order valence-corrected chi connectivity index (χ4v) is 9.01. The third-order valence-corrected chi connectivity index (χ3v) is 12.2. The number of hydrogen-bond acceptors (Lipinski definition) is 10. The van der Waals surface area contributed by atoms with E-state index in [2.05, 4.69) is 58.7 Å². The number of ether oxygens (including phenoxy) is 3. The van der Waals surface area contributed by atoms with Crippen molar-refractivity contribution in [2.75, 3.05) is 53.5 Å². The van der Waals surface area contributed by atoms with Crippen LogP contribution >= 0.6 is 0 Å². The van der Waals surface area contributed by atoms with Gasteiger partial charge in [0.15, 0.2) is 0 Å². The lowest BCUT2D eigenvalue weighted by atomic mass is 9.72. The number of likely N-dealkylation sites (N-methyl/N-ethyl adjacent to an activating group) is 2. The van der Waals surface area contributed by atoms with Gasteiger partial charge in [-0.2, -0.15) is 10.2 Å². The molecule has 60 heavy (non-hydrogen) atoms. The van der Waals surface area contributed by atoms with E-state index in [-0.39, 0.29) is 29.8 Å². The summed E-state index contributed by atoms with van der Waals surface area (Å²) in [4.78, 5) is 27.3. The number of amides is 2. The predicted molar refractivity (Wildman–Crippen MR) is 237 cm³/mol. The molecule has 0 bridgehead atoms. The van der Waals surface area contributed by atoms with Gasteiger partial charge in [-0.05, 0) is 122 Å². The second-order valence-electron chi connectivity index (χ2n) is 21.6. The van der Waals surface area contributed by atoms with E-state index >= 15 is 0 Å². The predicted octanol–water partition coefficient (Wildman–Crippen LogP) is 8.26. The molecule has 2 aromatic rings. The Bertz CT molecular complexity index is 1610. The van der Waals surface area contributed by atoms with E-state index in [0.29, 0.717) is 49.3 Å². The summed E-state index contributed by atoms with van der Waals surface area (Å²) in [7, 11) is 3.53. The van der Waals surface area contributed by atoms with Crippen molar-refractivity contribution in [1.82, 2.24) is 40.8 Å². The molecule has 2 saturated carbocycles. The molecule has 1 spiro atoms. The Kier molecular flexibility index (Phi) is 17.5. The number of aromatic nitrogens is 4. The van der Waals surface area contributed by atoms with E-state index in [9.17, 15) is 14.7 Å². The first-order valence-corrected chi connectivity index (χ1v) is 22.6. The minimum Gasteiger partial charge on any atom is -0.444 e. The normalized spacial score (nSPS) is 23.2. The van der Waals surface area contributed by atoms with Crippen LogP contribution in [0.15, 0.2) is 12.4 Å². The lowest BCUT2D eigenvalue weighted by Crippen LogP contribution is -2.38. The molecule has 2 aromatic heterocycles. The van der Waals surface area contributed by atoms with Gasteiger partial charge in [0.1, 0.15) is 11.2 Å². The lowest BCUT2D eigenvalue weighted by molar-refractivity contribution is -0.0296. The van der Waals surface area contributed by atoms with E-state index in [0.717, 1.165) is 51.8 Å². The molecule has 0 atom stereocenters. The quantitative estimate of drug-likeness (QED) is 0.110. The highest BCUT2D eigenvalue weighted by molar-refractivity contribution is 5.68. The van der Waals surface area contributed by atoms with Gasteiger partial charge in [-0.3, -0.25) is 10.2 Å². The molecular formula is C46H82N8O6. The second kappa shape index (κ2) is 21.3. The van der Waals surface area contributed by atoms with Crippen molar-refractivity contribution >= 4 is 12.2 Å². The molecule has 0 radical (unpaired) electrons. The summed E-state index contributed by atoms with van der Waals surface area (Å²) in [6.45, 7) is 25.4. The van der Waals surface area contributed by atoms with Gasteiger partial charge in [-0.15, -0.1) is 0 Å². The minimum atomic E-state index is -0.475. The number of H-pyrrole nitrogens is 2. The Morgan fingerprint density at radius 2 is 1.23 bits per heavy atom. The standard InChI is InChI=1S/C23H40N4O3.C23H42N4O3/c1-21(2,3)30-20(28)27(6)12-11-24-13-18-14-25-26-19(18)17-7-9-23(10-8-17)15-22(4,5)16-29-23;1-22(2,3)30-21(29)27(6)12-11-24-14-19-15-25-26-20(19)18-9-7-17(8-10-18)13-23(4,5)16-28/h14,17,24H,7-13,15-16H2,1-6H3,(H,25,26);15,17-18,24,28H,7-14,16H2,1-6H3,(H,25,26). The average molecular weight is 843 g/mol. The van der Waals surface area contributed by atoms with Crippen LogP contribution in [0.5, 0.6) is 0 Å². The molecule has 2 aliphatic carbocycles. The number of carbonyl (C=O) groups is 2. The molecule has 342 valence electrons. The lowest BCUT2D eigenvalue weighted by Gasteiger charge is -2.37. The number of hydrogen-bond donors (Lipinski definition) is 5. The molecule has 0 aromatic carbocycles. The van der Waals surface area contributed by atoms with Gasteiger partial charge in [0.2, 0.25) is 0 Å². The van der Waals surface area contributed by atoms with Crippen LogP contribution in [0, 0.1) is 16.7 Å². The molecule has 1 saturated heterocycles. The average Bonchev–Trinajstić information content (AvgIpc) is 3.90. The van der Waals surface area contributed by atoms with Crippen LogP contribution in [-0.4, -0.2) is 118 Å². The van der Waals surface area contributed by atoms with Gasteiger partial charge in [-0.1, -0.05) is 27.7 Å². The van der Waals surface area contributed by atoms with Gasteiger partial charge in [-0.25, -0.2) is 9.59 Å². The van der Waals surface area contributed by atoms with Crippen LogP contribution in [0.2, 0.25) is 0 Å². The Labute approximate surface area is 361 Å². The van der Waals surface area contributed by atoms with Gasteiger partial charge in [0, 0.05) is 94.3 Å². The zero-order valence-corrected chi connectivity index (χ0v) is 39.4. The van der Waals surface area contributed by atoms with E-state index in [4.69, 9.17) is 14.2 Å². The topological polar surface area (TPSA) is 170 Å². The fraction of sp³-hybridized carbons (Fsp3) is 0.826. The van der Waals surface area contributed by atoms with Crippen molar-refractivity contribution < 1.29 is 28.9 Å². The maximum absolute atomic E-state index is 12.0. The number of aromatic amines is 2. The molecule has 2 amide bonds. The molecule has 1 aliphatic heterocycles. The Morgan fingerprint density at radius 1 is 0.783 bits per heavy atom. The van der Waals surface area contributed by atoms with Crippen molar-refractivity contribution in [3.8, 4) is 0 Å². The van der Waals surface area contributed by atoms with Crippen LogP contribution in [0.1, 0.15) is 168 Å².